The zero-order chi connectivity index (χ0) is 18.5. The highest BCUT2D eigenvalue weighted by Crippen LogP contribution is 2.25. The lowest BCUT2D eigenvalue weighted by atomic mass is 9.93. The fourth-order valence-corrected chi connectivity index (χ4v) is 5.38. The van der Waals surface area contributed by atoms with Crippen molar-refractivity contribution in [2.45, 2.75) is 43.0 Å². The average Bonchev–Trinajstić information content (AvgIpc) is 3.16. The molecular formula is C19H32N4OS2. The first-order valence-electron chi connectivity index (χ1n) is 9.82. The molecule has 2 aliphatic heterocycles. The number of rotatable bonds is 6. The number of carbonyl (C=O) groups is 1. The molecule has 0 aliphatic carbocycles. The van der Waals surface area contributed by atoms with Gasteiger partial charge >= 0.3 is 0 Å². The number of aromatic nitrogens is 1. The standard InChI is InChI=1S/C19H32N4OS2/c1-4-22(18(24)17-14-26-19(20-17)25-3)13-15-5-11-23(12-6-15)16-7-9-21(2)10-8-16/h14-16H,4-13H2,1-3H3. The first kappa shape index (κ1) is 20.1. The molecule has 0 unspecified atom stereocenters. The Morgan fingerprint density at radius 1 is 1.27 bits per heavy atom. The summed E-state index contributed by atoms with van der Waals surface area (Å²) in [6.07, 6.45) is 7.04. The highest BCUT2D eigenvalue weighted by molar-refractivity contribution is 8.00. The number of nitrogens with zero attached hydrogens (tertiary/aromatic N) is 4. The van der Waals surface area contributed by atoms with Gasteiger partial charge in [-0.25, -0.2) is 4.98 Å². The average molecular weight is 397 g/mol. The summed E-state index contributed by atoms with van der Waals surface area (Å²) < 4.78 is 0.968. The van der Waals surface area contributed by atoms with Crippen molar-refractivity contribution in [3.8, 4) is 0 Å². The van der Waals surface area contributed by atoms with Gasteiger partial charge in [-0.1, -0.05) is 11.8 Å². The van der Waals surface area contributed by atoms with Crippen LogP contribution in [0.15, 0.2) is 9.72 Å². The molecular weight excluding hydrogens is 364 g/mol. The Kier molecular flexibility index (Phi) is 7.37. The third-order valence-electron chi connectivity index (χ3n) is 5.88. The summed E-state index contributed by atoms with van der Waals surface area (Å²) >= 11 is 3.17. The molecule has 7 heteroatoms. The maximum Gasteiger partial charge on any atom is 0.273 e. The van der Waals surface area contributed by atoms with Crippen molar-refractivity contribution < 1.29 is 4.79 Å². The fraction of sp³-hybridized carbons (Fsp3) is 0.789. The summed E-state index contributed by atoms with van der Waals surface area (Å²) in [5.74, 6) is 0.724. The first-order chi connectivity index (χ1) is 12.6. The Labute approximate surface area is 166 Å². The molecule has 0 atom stereocenters. The lowest BCUT2D eigenvalue weighted by Gasteiger charge is -2.41. The van der Waals surface area contributed by atoms with E-state index in [-0.39, 0.29) is 5.91 Å². The van der Waals surface area contributed by atoms with Gasteiger partial charge in [0, 0.05) is 24.5 Å². The Hall–Kier alpha value is -0.630. The minimum absolute atomic E-state index is 0.0989. The molecule has 0 bridgehead atoms. The molecule has 3 rings (SSSR count). The molecule has 3 heterocycles. The van der Waals surface area contributed by atoms with Crippen LogP contribution in [0.2, 0.25) is 0 Å². The van der Waals surface area contributed by atoms with E-state index >= 15 is 0 Å². The second-order valence-corrected chi connectivity index (χ2v) is 9.47. The second-order valence-electron chi connectivity index (χ2n) is 7.56. The molecule has 0 aromatic carbocycles. The van der Waals surface area contributed by atoms with Crippen molar-refractivity contribution in [2.24, 2.45) is 5.92 Å². The largest absolute Gasteiger partial charge is 0.337 e. The van der Waals surface area contributed by atoms with Crippen LogP contribution in [0, 0.1) is 5.92 Å². The zero-order valence-electron chi connectivity index (χ0n) is 16.3. The monoisotopic (exact) mass is 396 g/mol. The summed E-state index contributed by atoms with van der Waals surface area (Å²) in [6, 6.07) is 0.774. The molecule has 2 aliphatic rings. The molecule has 26 heavy (non-hydrogen) atoms. The summed E-state index contributed by atoms with van der Waals surface area (Å²) in [5, 5.41) is 1.90. The van der Waals surface area contributed by atoms with E-state index in [4.69, 9.17) is 0 Å². The van der Waals surface area contributed by atoms with Crippen molar-refractivity contribution >= 4 is 29.0 Å². The van der Waals surface area contributed by atoms with Crippen molar-refractivity contribution in [3.63, 3.8) is 0 Å². The number of hydrogen-bond acceptors (Lipinski definition) is 6. The quantitative estimate of drug-likeness (QED) is 0.691. The van der Waals surface area contributed by atoms with E-state index < -0.39 is 0 Å². The Morgan fingerprint density at radius 3 is 2.54 bits per heavy atom. The summed E-state index contributed by atoms with van der Waals surface area (Å²) in [4.78, 5) is 24.4. The minimum atomic E-state index is 0.0989. The number of hydrogen-bond donors (Lipinski definition) is 0. The molecule has 0 spiro atoms. The highest BCUT2D eigenvalue weighted by Gasteiger charge is 2.29. The summed E-state index contributed by atoms with van der Waals surface area (Å²) in [6.45, 7) is 8.56. The van der Waals surface area contributed by atoms with Gasteiger partial charge in [-0.2, -0.15) is 0 Å². The number of likely N-dealkylation sites (tertiary alicyclic amines) is 2. The Bertz CT molecular complexity index is 578. The van der Waals surface area contributed by atoms with Gasteiger partial charge in [0.15, 0.2) is 0 Å². The molecule has 1 amide bonds. The first-order valence-corrected chi connectivity index (χ1v) is 11.9. The maximum atomic E-state index is 12.8. The van der Waals surface area contributed by atoms with Crippen LogP contribution in [0.25, 0.3) is 0 Å². The number of thiazole rings is 1. The van der Waals surface area contributed by atoms with Crippen molar-refractivity contribution in [3.05, 3.63) is 11.1 Å². The molecule has 5 nitrogen and oxygen atoms in total. The molecule has 0 radical (unpaired) electrons. The molecule has 2 fully saturated rings. The zero-order valence-corrected chi connectivity index (χ0v) is 17.9. The molecule has 0 N–H and O–H groups in total. The van der Waals surface area contributed by atoms with Crippen LogP contribution in [0.5, 0.6) is 0 Å². The second kappa shape index (κ2) is 9.53. The predicted octanol–water partition coefficient (Wildman–Crippen LogP) is 3.13. The van der Waals surface area contributed by atoms with Crippen LogP contribution in [0.3, 0.4) is 0 Å². The van der Waals surface area contributed by atoms with Gasteiger partial charge in [0.25, 0.3) is 5.91 Å². The molecule has 0 saturated carbocycles. The van der Waals surface area contributed by atoms with E-state index in [9.17, 15) is 4.79 Å². The van der Waals surface area contributed by atoms with Crippen LogP contribution in [0.1, 0.15) is 43.1 Å². The minimum Gasteiger partial charge on any atom is -0.337 e. The van der Waals surface area contributed by atoms with Gasteiger partial charge < -0.3 is 14.7 Å². The van der Waals surface area contributed by atoms with E-state index in [0.29, 0.717) is 11.6 Å². The van der Waals surface area contributed by atoms with Crippen LogP contribution in [0.4, 0.5) is 0 Å². The van der Waals surface area contributed by atoms with Crippen LogP contribution < -0.4 is 0 Å². The number of carbonyl (C=O) groups excluding carboxylic acids is 1. The predicted molar refractivity (Wildman–Crippen MR) is 110 cm³/mol. The van der Waals surface area contributed by atoms with Crippen LogP contribution >= 0.6 is 23.1 Å². The van der Waals surface area contributed by atoms with E-state index in [1.807, 2.05) is 16.5 Å². The third kappa shape index (κ3) is 5.00. The van der Waals surface area contributed by atoms with Crippen molar-refractivity contribution in [1.29, 1.82) is 0 Å². The van der Waals surface area contributed by atoms with Gasteiger partial charge in [0.05, 0.1) is 0 Å². The van der Waals surface area contributed by atoms with Gasteiger partial charge in [0.1, 0.15) is 10.0 Å². The molecule has 1 aromatic rings. The number of piperidine rings is 2. The highest BCUT2D eigenvalue weighted by atomic mass is 32.2. The summed E-state index contributed by atoms with van der Waals surface area (Å²) in [5.41, 5.74) is 0.616. The molecule has 2 saturated heterocycles. The SMILES string of the molecule is CCN(CC1CCN(C2CCN(C)CC2)CC1)C(=O)c1csc(SC)n1. The van der Waals surface area contributed by atoms with Crippen molar-refractivity contribution in [2.75, 3.05) is 52.6 Å². The lowest BCUT2D eigenvalue weighted by Crippen LogP contribution is -2.48. The number of amides is 1. The number of thioether (sulfide) groups is 1. The molecule has 146 valence electrons. The van der Waals surface area contributed by atoms with E-state index in [0.717, 1.165) is 23.5 Å². The molecule has 1 aromatic heterocycles. The van der Waals surface area contributed by atoms with E-state index in [2.05, 4.69) is 28.8 Å². The van der Waals surface area contributed by atoms with Gasteiger partial charge in [-0.05, 0) is 78.0 Å². The maximum absolute atomic E-state index is 12.8. The van der Waals surface area contributed by atoms with Crippen LogP contribution in [-0.4, -0.2) is 84.2 Å². The topological polar surface area (TPSA) is 39.7 Å². The van der Waals surface area contributed by atoms with Crippen LogP contribution in [-0.2, 0) is 0 Å². The fourth-order valence-electron chi connectivity index (χ4n) is 4.14. The van der Waals surface area contributed by atoms with E-state index in [1.165, 1.54) is 51.9 Å². The third-order valence-corrected chi connectivity index (χ3v) is 7.74. The van der Waals surface area contributed by atoms with Crippen molar-refractivity contribution in [1.82, 2.24) is 19.7 Å². The smallest absolute Gasteiger partial charge is 0.273 e. The van der Waals surface area contributed by atoms with Gasteiger partial charge in [0.2, 0.25) is 0 Å². The van der Waals surface area contributed by atoms with Gasteiger partial charge in [-0.15, -0.1) is 11.3 Å². The van der Waals surface area contributed by atoms with E-state index in [1.54, 1.807) is 23.1 Å². The Morgan fingerprint density at radius 2 is 1.96 bits per heavy atom. The normalized spacial score (nSPS) is 21.2. The Balaban J connectivity index is 1.48. The van der Waals surface area contributed by atoms with Gasteiger partial charge in [-0.3, -0.25) is 4.79 Å². The lowest BCUT2D eigenvalue weighted by molar-refractivity contribution is 0.0607. The summed E-state index contributed by atoms with van der Waals surface area (Å²) in [7, 11) is 2.23.